The third-order valence-corrected chi connectivity index (χ3v) is 5.63. The van der Waals surface area contributed by atoms with E-state index in [2.05, 4.69) is 22.0 Å². The maximum Gasteiger partial charge on any atom is 0.251 e. The van der Waals surface area contributed by atoms with E-state index in [4.69, 9.17) is 4.74 Å². The number of nitrogens with one attached hydrogen (secondary N) is 1. The average molecular weight is 360 g/mol. The Morgan fingerprint density at radius 2 is 1.92 bits per heavy atom. The zero-order valence-corrected chi connectivity index (χ0v) is 16.1. The lowest BCUT2D eigenvalue weighted by Gasteiger charge is -2.35. The van der Waals surface area contributed by atoms with Crippen LogP contribution in [0.2, 0.25) is 0 Å². The quantitative estimate of drug-likeness (QED) is 0.761. The average Bonchev–Trinajstić information content (AvgIpc) is 2.72. The Bertz CT molecular complexity index is 555. The van der Waals surface area contributed by atoms with Gasteiger partial charge < -0.3 is 19.9 Å². The minimum atomic E-state index is 0.0317. The number of hydrogen-bond acceptors (Lipinski definition) is 4. The smallest absolute Gasteiger partial charge is 0.251 e. The third-order valence-electron chi connectivity index (χ3n) is 5.63. The van der Waals surface area contributed by atoms with E-state index in [0.29, 0.717) is 0 Å². The van der Waals surface area contributed by atoms with Crippen LogP contribution in [0.25, 0.3) is 0 Å². The van der Waals surface area contributed by atoms with E-state index in [0.717, 1.165) is 57.4 Å². The monoisotopic (exact) mass is 359 g/mol. The molecule has 0 saturated carbocycles. The Morgan fingerprint density at radius 1 is 1.15 bits per heavy atom. The van der Waals surface area contributed by atoms with Crippen molar-refractivity contribution < 1.29 is 9.53 Å². The molecule has 0 radical (unpaired) electrons. The molecular formula is C21H33N3O2. The number of ether oxygens (including phenoxy) is 1. The zero-order chi connectivity index (χ0) is 18.2. The van der Waals surface area contributed by atoms with Gasteiger partial charge in [0.1, 0.15) is 0 Å². The van der Waals surface area contributed by atoms with Crippen molar-refractivity contribution in [3.8, 4) is 0 Å². The summed E-state index contributed by atoms with van der Waals surface area (Å²) in [6, 6.07) is 8.68. The van der Waals surface area contributed by atoms with Crippen molar-refractivity contribution in [3.05, 3.63) is 29.8 Å². The van der Waals surface area contributed by atoms with Crippen LogP contribution in [-0.4, -0.2) is 62.8 Å². The minimum absolute atomic E-state index is 0.0317. The summed E-state index contributed by atoms with van der Waals surface area (Å²) in [5, 5.41) is 3.07. The molecule has 0 aliphatic carbocycles. The van der Waals surface area contributed by atoms with Gasteiger partial charge in [-0.05, 0) is 56.5 Å². The first-order chi connectivity index (χ1) is 12.8. The topological polar surface area (TPSA) is 44.8 Å². The number of hydrogen-bond donors (Lipinski definition) is 1. The summed E-state index contributed by atoms with van der Waals surface area (Å²) in [7, 11) is 0. The number of nitrogens with zero attached hydrogens (tertiary/aromatic N) is 2. The summed E-state index contributed by atoms with van der Waals surface area (Å²) >= 11 is 0. The van der Waals surface area contributed by atoms with E-state index in [-0.39, 0.29) is 5.91 Å². The number of morpholine rings is 1. The molecule has 2 aliphatic rings. The van der Waals surface area contributed by atoms with E-state index in [1.54, 1.807) is 0 Å². The van der Waals surface area contributed by atoms with Crippen molar-refractivity contribution in [1.29, 1.82) is 0 Å². The molecule has 26 heavy (non-hydrogen) atoms. The molecule has 0 spiro atoms. The van der Waals surface area contributed by atoms with Crippen molar-refractivity contribution in [3.63, 3.8) is 0 Å². The fourth-order valence-electron chi connectivity index (χ4n) is 4.05. The lowest BCUT2D eigenvalue weighted by molar-refractivity contribution is 0.0947. The van der Waals surface area contributed by atoms with Gasteiger partial charge in [-0.2, -0.15) is 0 Å². The maximum atomic E-state index is 12.3. The highest BCUT2D eigenvalue weighted by atomic mass is 16.5. The fraction of sp³-hybridized carbons (Fsp3) is 0.667. The first-order valence-electron chi connectivity index (χ1n) is 10.2. The Kier molecular flexibility index (Phi) is 7.32. The molecular weight excluding hydrogens is 326 g/mol. The van der Waals surface area contributed by atoms with E-state index >= 15 is 0 Å². The summed E-state index contributed by atoms with van der Waals surface area (Å²) in [6.07, 6.45) is 6.28. The van der Waals surface area contributed by atoms with E-state index in [1.165, 1.54) is 37.9 Å². The normalized spacial score (nSPS) is 21.6. The van der Waals surface area contributed by atoms with Crippen LogP contribution in [0.5, 0.6) is 0 Å². The van der Waals surface area contributed by atoms with Crippen LogP contribution >= 0.6 is 0 Å². The zero-order valence-electron chi connectivity index (χ0n) is 16.1. The molecule has 1 N–H and O–H groups in total. The molecule has 3 rings (SSSR count). The molecule has 1 atom stereocenters. The van der Waals surface area contributed by atoms with Gasteiger partial charge in [-0.15, -0.1) is 0 Å². The fourth-order valence-corrected chi connectivity index (χ4v) is 4.05. The number of rotatable bonds is 7. The van der Waals surface area contributed by atoms with Crippen molar-refractivity contribution in [2.75, 3.05) is 50.8 Å². The van der Waals surface area contributed by atoms with Crippen LogP contribution in [0, 0.1) is 0 Å². The predicted molar refractivity (Wildman–Crippen MR) is 106 cm³/mol. The number of benzene rings is 1. The lowest BCUT2D eigenvalue weighted by atomic mass is 10.00. The highest BCUT2D eigenvalue weighted by Crippen LogP contribution is 2.19. The summed E-state index contributed by atoms with van der Waals surface area (Å²) in [4.78, 5) is 17.2. The molecule has 0 bridgehead atoms. The van der Waals surface area contributed by atoms with Crippen LogP contribution in [0.15, 0.2) is 24.3 Å². The second-order valence-corrected chi connectivity index (χ2v) is 7.35. The van der Waals surface area contributed by atoms with Crippen molar-refractivity contribution in [2.45, 2.75) is 45.1 Å². The second kappa shape index (κ2) is 9.93. The third kappa shape index (κ3) is 5.21. The van der Waals surface area contributed by atoms with Crippen LogP contribution in [0.1, 0.15) is 49.4 Å². The predicted octanol–water partition coefficient (Wildman–Crippen LogP) is 2.91. The first kappa shape index (κ1) is 19.2. The summed E-state index contributed by atoms with van der Waals surface area (Å²) < 4.78 is 5.39. The molecule has 2 saturated heterocycles. The number of carbonyl (C=O) groups is 1. The van der Waals surface area contributed by atoms with Crippen molar-refractivity contribution in [2.24, 2.45) is 0 Å². The Morgan fingerprint density at radius 3 is 2.65 bits per heavy atom. The molecule has 1 aromatic rings. The number of anilines is 1. The van der Waals surface area contributed by atoms with E-state index in [1.807, 2.05) is 24.3 Å². The molecule has 2 aliphatic heterocycles. The summed E-state index contributed by atoms with van der Waals surface area (Å²) in [5.41, 5.74) is 1.91. The van der Waals surface area contributed by atoms with Gasteiger partial charge >= 0.3 is 0 Å². The van der Waals surface area contributed by atoms with Crippen molar-refractivity contribution in [1.82, 2.24) is 10.2 Å². The number of carbonyl (C=O) groups excluding carboxylic acids is 1. The second-order valence-electron chi connectivity index (χ2n) is 7.35. The molecule has 1 aromatic carbocycles. The number of piperidine rings is 1. The lowest BCUT2D eigenvalue weighted by Crippen LogP contribution is -2.40. The van der Waals surface area contributed by atoms with Gasteiger partial charge in [-0.25, -0.2) is 0 Å². The van der Waals surface area contributed by atoms with Gasteiger partial charge in [-0.3, -0.25) is 4.79 Å². The minimum Gasteiger partial charge on any atom is -0.378 e. The van der Waals surface area contributed by atoms with Gasteiger partial charge in [0, 0.05) is 43.5 Å². The SMILES string of the molecule is CCC1CCCCN1CCCNC(=O)c1ccc(N2CCOCC2)cc1. The van der Waals surface area contributed by atoms with Crippen LogP contribution < -0.4 is 10.2 Å². The summed E-state index contributed by atoms with van der Waals surface area (Å²) in [6.45, 7) is 8.73. The first-order valence-corrected chi connectivity index (χ1v) is 10.2. The van der Waals surface area contributed by atoms with Crippen LogP contribution in [-0.2, 0) is 4.74 Å². The van der Waals surface area contributed by atoms with Gasteiger partial charge in [0.05, 0.1) is 13.2 Å². The molecule has 5 heteroatoms. The molecule has 2 heterocycles. The maximum absolute atomic E-state index is 12.3. The van der Waals surface area contributed by atoms with Gasteiger partial charge in [0.25, 0.3) is 5.91 Å². The molecule has 144 valence electrons. The Balaban J connectivity index is 1.40. The van der Waals surface area contributed by atoms with Gasteiger partial charge in [0.2, 0.25) is 0 Å². The molecule has 2 fully saturated rings. The molecule has 1 amide bonds. The Labute approximate surface area is 157 Å². The molecule has 5 nitrogen and oxygen atoms in total. The van der Waals surface area contributed by atoms with Gasteiger partial charge in [-0.1, -0.05) is 13.3 Å². The highest BCUT2D eigenvalue weighted by molar-refractivity contribution is 5.94. The van der Waals surface area contributed by atoms with Crippen LogP contribution in [0.3, 0.4) is 0 Å². The summed E-state index contributed by atoms with van der Waals surface area (Å²) in [5.74, 6) is 0.0317. The molecule has 1 unspecified atom stereocenters. The highest BCUT2D eigenvalue weighted by Gasteiger charge is 2.20. The van der Waals surface area contributed by atoms with Gasteiger partial charge in [0.15, 0.2) is 0 Å². The van der Waals surface area contributed by atoms with Crippen LogP contribution in [0.4, 0.5) is 5.69 Å². The van der Waals surface area contributed by atoms with E-state index < -0.39 is 0 Å². The Hall–Kier alpha value is -1.59. The van der Waals surface area contributed by atoms with Crippen molar-refractivity contribution >= 4 is 11.6 Å². The number of amides is 1. The van der Waals surface area contributed by atoms with E-state index in [9.17, 15) is 4.79 Å². The number of likely N-dealkylation sites (tertiary alicyclic amines) is 1. The largest absolute Gasteiger partial charge is 0.378 e. The standard InChI is InChI=1S/C21H33N3O2/c1-2-19-6-3-4-12-23(19)13-5-11-22-21(25)18-7-9-20(10-8-18)24-14-16-26-17-15-24/h7-10,19H,2-6,11-17H2,1H3,(H,22,25). The molecule has 0 aromatic heterocycles.